The topological polar surface area (TPSA) is 27.1 Å². The van der Waals surface area contributed by atoms with Gasteiger partial charge in [0, 0.05) is 24.1 Å². The van der Waals surface area contributed by atoms with Crippen molar-refractivity contribution < 1.29 is 0 Å². The van der Waals surface area contributed by atoms with Crippen LogP contribution < -0.4 is 4.90 Å². The molecule has 20 heavy (non-hydrogen) atoms. The molecule has 0 unspecified atom stereocenters. The van der Waals surface area contributed by atoms with Gasteiger partial charge in [-0.25, -0.2) is 0 Å². The molecule has 0 bridgehead atoms. The first-order valence-corrected chi connectivity index (χ1v) is 6.70. The van der Waals surface area contributed by atoms with E-state index in [2.05, 4.69) is 53.4 Å². The molecule has 0 spiro atoms. The third-order valence-electron chi connectivity index (χ3n) is 3.30. The van der Waals surface area contributed by atoms with Gasteiger partial charge in [-0.1, -0.05) is 42.5 Å². The van der Waals surface area contributed by atoms with E-state index in [-0.39, 0.29) is 0 Å². The zero-order chi connectivity index (χ0) is 14.5. The van der Waals surface area contributed by atoms with Crippen LogP contribution in [0.15, 0.2) is 66.4 Å². The molecular formula is C18H20N2. The summed E-state index contributed by atoms with van der Waals surface area (Å²) in [7, 11) is 2.03. The van der Waals surface area contributed by atoms with Crippen molar-refractivity contribution in [2.45, 2.75) is 13.8 Å². The zero-order valence-electron chi connectivity index (χ0n) is 12.2. The summed E-state index contributed by atoms with van der Waals surface area (Å²) in [5, 5.41) is 7.55. The van der Waals surface area contributed by atoms with Gasteiger partial charge in [-0.3, -0.25) is 0 Å². The van der Waals surface area contributed by atoms with Gasteiger partial charge < -0.3 is 10.3 Å². The largest absolute Gasteiger partial charge is 0.348 e. The Balaban J connectivity index is 2.33. The van der Waals surface area contributed by atoms with Crippen molar-refractivity contribution in [1.29, 1.82) is 5.41 Å². The van der Waals surface area contributed by atoms with Crippen molar-refractivity contribution in [3.63, 3.8) is 0 Å². The quantitative estimate of drug-likeness (QED) is 0.794. The van der Waals surface area contributed by atoms with Crippen LogP contribution in [0.2, 0.25) is 0 Å². The number of hydrogen-bond donors (Lipinski definition) is 1. The van der Waals surface area contributed by atoms with Gasteiger partial charge in [-0.15, -0.1) is 0 Å². The minimum atomic E-state index is 0.563. The van der Waals surface area contributed by atoms with E-state index in [0.29, 0.717) is 5.71 Å². The normalized spacial score (nSPS) is 11.2. The highest BCUT2D eigenvalue weighted by atomic mass is 15.1. The third-order valence-corrected chi connectivity index (χ3v) is 3.30. The van der Waals surface area contributed by atoms with Crippen molar-refractivity contribution in [3.05, 3.63) is 66.4 Å². The second-order valence-electron chi connectivity index (χ2n) is 4.94. The van der Waals surface area contributed by atoms with Crippen LogP contribution in [0.5, 0.6) is 0 Å². The first-order valence-electron chi connectivity index (χ1n) is 6.70. The smallest absolute Gasteiger partial charge is 0.0411 e. The van der Waals surface area contributed by atoms with Crippen molar-refractivity contribution >= 4 is 11.4 Å². The molecule has 1 N–H and O–H groups in total. The number of nitrogens with zero attached hydrogens (tertiary/aromatic N) is 1. The lowest BCUT2D eigenvalue weighted by Gasteiger charge is -2.21. The fourth-order valence-electron chi connectivity index (χ4n) is 2.14. The van der Waals surface area contributed by atoms with Gasteiger partial charge in [0.05, 0.1) is 0 Å². The minimum absolute atomic E-state index is 0.563. The summed E-state index contributed by atoms with van der Waals surface area (Å²) in [6, 6.07) is 18.8. The van der Waals surface area contributed by atoms with Crippen LogP contribution in [0, 0.1) is 5.41 Å². The van der Waals surface area contributed by atoms with Gasteiger partial charge in [0.2, 0.25) is 0 Å². The SMILES string of the molecule is CC(=N)/C=C(/C)N(C)c1cccc(-c2ccccc2)c1. The fraction of sp³-hybridized carbons (Fsp3) is 0.167. The summed E-state index contributed by atoms with van der Waals surface area (Å²) < 4.78 is 0. The molecule has 0 saturated carbocycles. The number of allylic oxidation sites excluding steroid dienone is 2. The lowest BCUT2D eigenvalue weighted by molar-refractivity contribution is 1.09. The third kappa shape index (κ3) is 3.35. The molecule has 0 amide bonds. The van der Waals surface area contributed by atoms with Crippen molar-refractivity contribution in [2.24, 2.45) is 0 Å². The number of rotatable bonds is 4. The second kappa shape index (κ2) is 6.20. The van der Waals surface area contributed by atoms with E-state index in [1.807, 2.05) is 26.1 Å². The van der Waals surface area contributed by atoms with Gasteiger partial charge >= 0.3 is 0 Å². The summed E-state index contributed by atoms with van der Waals surface area (Å²) in [5.41, 5.74) is 5.17. The predicted molar refractivity (Wildman–Crippen MR) is 87.4 cm³/mol. The summed E-state index contributed by atoms with van der Waals surface area (Å²) in [6.07, 6.45) is 1.87. The van der Waals surface area contributed by atoms with Crippen LogP contribution in [-0.4, -0.2) is 12.8 Å². The average Bonchev–Trinajstić information content (AvgIpc) is 2.47. The number of anilines is 1. The summed E-state index contributed by atoms with van der Waals surface area (Å²) in [4.78, 5) is 2.10. The lowest BCUT2D eigenvalue weighted by Crippen LogP contribution is -2.15. The van der Waals surface area contributed by atoms with E-state index in [9.17, 15) is 0 Å². The van der Waals surface area contributed by atoms with Gasteiger partial charge in [-0.2, -0.15) is 0 Å². The number of benzene rings is 2. The molecule has 0 heterocycles. The van der Waals surface area contributed by atoms with Crippen LogP contribution in [0.25, 0.3) is 11.1 Å². The maximum Gasteiger partial charge on any atom is 0.0411 e. The highest BCUT2D eigenvalue weighted by molar-refractivity contribution is 5.91. The Hall–Kier alpha value is -2.35. The summed E-state index contributed by atoms with van der Waals surface area (Å²) in [6.45, 7) is 3.81. The number of hydrogen-bond acceptors (Lipinski definition) is 2. The minimum Gasteiger partial charge on any atom is -0.348 e. The van der Waals surface area contributed by atoms with E-state index in [1.54, 1.807) is 6.92 Å². The molecule has 0 fully saturated rings. The Labute approximate surface area is 120 Å². The van der Waals surface area contributed by atoms with E-state index in [0.717, 1.165) is 11.4 Å². The first kappa shape index (κ1) is 14.1. The molecule has 0 aromatic heterocycles. The Morgan fingerprint density at radius 2 is 1.60 bits per heavy atom. The Morgan fingerprint density at radius 1 is 0.950 bits per heavy atom. The molecule has 2 aromatic carbocycles. The van der Waals surface area contributed by atoms with E-state index < -0.39 is 0 Å². The van der Waals surface area contributed by atoms with Gasteiger partial charge in [0.25, 0.3) is 0 Å². The first-order chi connectivity index (χ1) is 9.58. The van der Waals surface area contributed by atoms with Crippen LogP contribution >= 0.6 is 0 Å². The molecule has 0 aliphatic heterocycles. The number of nitrogens with one attached hydrogen (secondary N) is 1. The van der Waals surface area contributed by atoms with E-state index in [4.69, 9.17) is 5.41 Å². The summed E-state index contributed by atoms with van der Waals surface area (Å²) in [5.74, 6) is 0. The maximum atomic E-state index is 7.55. The Kier molecular flexibility index (Phi) is 4.36. The van der Waals surface area contributed by atoms with Crippen LogP contribution in [0.3, 0.4) is 0 Å². The molecule has 0 aliphatic carbocycles. The highest BCUT2D eigenvalue weighted by Crippen LogP contribution is 2.25. The fourth-order valence-corrected chi connectivity index (χ4v) is 2.14. The van der Waals surface area contributed by atoms with Gasteiger partial charge in [0.1, 0.15) is 0 Å². The van der Waals surface area contributed by atoms with E-state index in [1.165, 1.54) is 11.1 Å². The Morgan fingerprint density at radius 3 is 2.25 bits per heavy atom. The molecular weight excluding hydrogens is 244 g/mol. The standard InChI is InChI=1S/C18H20N2/c1-14(19)12-15(2)20(3)18-11-7-10-17(13-18)16-8-5-4-6-9-16/h4-13,19H,1-3H3/b15-12-,19-14?. The molecule has 2 nitrogen and oxygen atoms in total. The van der Waals surface area contributed by atoms with Crippen molar-refractivity contribution in [3.8, 4) is 11.1 Å². The van der Waals surface area contributed by atoms with Crippen molar-refractivity contribution in [2.75, 3.05) is 11.9 Å². The molecule has 102 valence electrons. The maximum absolute atomic E-state index is 7.55. The lowest BCUT2D eigenvalue weighted by atomic mass is 10.0. The van der Waals surface area contributed by atoms with Crippen LogP contribution in [-0.2, 0) is 0 Å². The van der Waals surface area contributed by atoms with Gasteiger partial charge in [0.15, 0.2) is 0 Å². The molecule has 0 saturated heterocycles. The van der Waals surface area contributed by atoms with E-state index >= 15 is 0 Å². The molecule has 0 radical (unpaired) electrons. The van der Waals surface area contributed by atoms with Crippen molar-refractivity contribution in [1.82, 2.24) is 0 Å². The molecule has 0 atom stereocenters. The predicted octanol–water partition coefficient (Wildman–Crippen LogP) is 4.73. The molecule has 2 aromatic rings. The second-order valence-corrected chi connectivity index (χ2v) is 4.94. The van der Waals surface area contributed by atoms with Gasteiger partial charge in [-0.05, 0) is 43.2 Å². The summed E-state index contributed by atoms with van der Waals surface area (Å²) >= 11 is 0. The zero-order valence-corrected chi connectivity index (χ0v) is 12.2. The molecule has 0 aliphatic rings. The molecule has 2 rings (SSSR count). The highest BCUT2D eigenvalue weighted by Gasteiger charge is 2.05. The van der Waals surface area contributed by atoms with Crippen LogP contribution in [0.1, 0.15) is 13.8 Å². The van der Waals surface area contributed by atoms with Crippen LogP contribution in [0.4, 0.5) is 5.69 Å². The monoisotopic (exact) mass is 264 g/mol. The molecule has 2 heteroatoms. The average molecular weight is 264 g/mol. The Bertz CT molecular complexity index is 627.